The molecule has 90 valence electrons. The minimum atomic E-state index is 0.613. The molecular formula is C13H22N2S. The summed E-state index contributed by atoms with van der Waals surface area (Å²) in [7, 11) is 0. The van der Waals surface area contributed by atoms with Gasteiger partial charge in [0.05, 0.1) is 0 Å². The topological polar surface area (TPSA) is 29.3 Å². The minimum absolute atomic E-state index is 0.613. The molecule has 0 radical (unpaired) electrons. The Morgan fingerprint density at radius 1 is 1.56 bits per heavy atom. The highest BCUT2D eigenvalue weighted by Crippen LogP contribution is 2.22. The van der Waals surface area contributed by atoms with Crippen molar-refractivity contribution in [2.24, 2.45) is 11.7 Å². The maximum Gasteiger partial charge on any atom is 0.0221 e. The zero-order chi connectivity index (χ0) is 11.4. The van der Waals surface area contributed by atoms with Gasteiger partial charge in [-0.2, -0.15) is 11.3 Å². The average molecular weight is 238 g/mol. The summed E-state index contributed by atoms with van der Waals surface area (Å²) in [6, 6.07) is 2.84. The molecule has 1 aliphatic heterocycles. The molecule has 2 unspecified atom stereocenters. The summed E-state index contributed by atoms with van der Waals surface area (Å²) in [4.78, 5) is 2.58. The van der Waals surface area contributed by atoms with Crippen molar-refractivity contribution in [1.82, 2.24) is 4.90 Å². The van der Waals surface area contributed by atoms with Gasteiger partial charge in [-0.3, -0.25) is 4.90 Å². The third-order valence-corrected chi connectivity index (χ3v) is 4.37. The molecule has 2 rings (SSSR count). The van der Waals surface area contributed by atoms with Gasteiger partial charge in [0.2, 0.25) is 0 Å². The van der Waals surface area contributed by atoms with Crippen molar-refractivity contribution in [3.05, 3.63) is 22.4 Å². The van der Waals surface area contributed by atoms with Crippen LogP contribution in [0.15, 0.2) is 16.8 Å². The van der Waals surface area contributed by atoms with Crippen LogP contribution in [0.1, 0.15) is 25.3 Å². The first kappa shape index (κ1) is 12.1. The van der Waals surface area contributed by atoms with Crippen molar-refractivity contribution < 1.29 is 0 Å². The van der Waals surface area contributed by atoms with E-state index < -0.39 is 0 Å². The Labute approximate surface area is 102 Å². The number of hydrogen-bond donors (Lipinski definition) is 1. The van der Waals surface area contributed by atoms with Crippen molar-refractivity contribution in [1.29, 1.82) is 0 Å². The molecule has 2 atom stereocenters. The van der Waals surface area contributed by atoms with Gasteiger partial charge in [0.25, 0.3) is 0 Å². The number of thiophene rings is 1. The van der Waals surface area contributed by atoms with Crippen LogP contribution >= 0.6 is 11.3 Å². The Kier molecular flexibility index (Phi) is 4.38. The summed E-state index contributed by atoms with van der Waals surface area (Å²) in [5, 5.41) is 4.41. The third-order valence-electron chi connectivity index (χ3n) is 3.64. The van der Waals surface area contributed by atoms with Crippen molar-refractivity contribution in [3.63, 3.8) is 0 Å². The van der Waals surface area contributed by atoms with Gasteiger partial charge in [0, 0.05) is 19.1 Å². The van der Waals surface area contributed by atoms with Crippen LogP contribution in [0.5, 0.6) is 0 Å². The molecule has 1 aliphatic rings. The van der Waals surface area contributed by atoms with Crippen LogP contribution in [0, 0.1) is 5.92 Å². The maximum absolute atomic E-state index is 5.87. The SMILES string of the molecule is CC1CCN(CCc2ccsc2)C(CN)C1. The molecule has 1 fully saturated rings. The zero-order valence-corrected chi connectivity index (χ0v) is 10.9. The fourth-order valence-electron chi connectivity index (χ4n) is 2.55. The Hall–Kier alpha value is -0.380. The standard InChI is InChI=1S/C13H22N2S/c1-11-2-5-15(13(8-11)9-14)6-3-12-4-7-16-10-12/h4,7,10-11,13H,2-3,5-6,8-9,14H2,1H3. The highest BCUT2D eigenvalue weighted by molar-refractivity contribution is 7.07. The molecule has 0 spiro atoms. The van der Waals surface area contributed by atoms with Crippen molar-refractivity contribution >= 4 is 11.3 Å². The lowest BCUT2D eigenvalue weighted by molar-refractivity contribution is 0.124. The van der Waals surface area contributed by atoms with Gasteiger partial charge < -0.3 is 5.73 Å². The van der Waals surface area contributed by atoms with E-state index in [1.54, 1.807) is 11.3 Å². The lowest BCUT2D eigenvalue weighted by Gasteiger charge is -2.37. The molecule has 0 aliphatic carbocycles. The van der Waals surface area contributed by atoms with E-state index in [0.29, 0.717) is 6.04 Å². The molecular weight excluding hydrogens is 216 g/mol. The van der Waals surface area contributed by atoms with E-state index in [0.717, 1.165) is 12.5 Å². The van der Waals surface area contributed by atoms with Crippen molar-refractivity contribution in [3.8, 4) is 0 Å². The Morgan fingerprint density at radius 3 is 3.12 bits per heavy atom. The molecule has 0 saturated carbocycles. The van der Waals surface area contributed by atoms with Crippen LogP contribution < -0.4 is 5.73 Å². The van der Waals surface area contributed by atoms with Gasteiger partial charge in [0.1, 0.15) is 0 Å². The molecule has 0 aromatic carbocycles. The van der Waals surface area contributed by atoms with E-state index >= 15 is 0 Å². The normalized spacial score (nSPS) is 27.1. The lowest BCUT2D eigenvalue weighted by atomic mass is 9.92. The smallest absolute Gasteiger partial charge is 0.0221 e. The second-order valence-electron chi connectivity index (χ2n) is 4.94. The Bertz CT molecular complexity index is 297. The monoisotopic (exact) mass is 238 g/mol. The second-order valence-corrected chi connectivity index (χ2v) is 5.72. The van der Waals surface area contributed by atoms with E-state index in [-0.39, 0.29) is 0 Å². The van der Waals surface area contributed by atoms with Crippen LogP contribution in [0.2, 0.25) is 0 Å². The summed E-state index contributed by atoms with van der Waals surface area (Å²) >= 11 is 1.79. The lowest BCUT2D eigenvalue weighted by Crippen LogP contribution is -2.46. The molecule has 0 bridgehead atoms. The summed E-state index contributed by atoms with van der Waals surface area (Å²) in [6.07, 6.45) is 3.79. The fraction of sp³-hybridized carbons (Fsp3) is 0.692. The Morgan fingerprint density at radius 2 is 2.44 bits per heavy atom. The van der Waals surface area contributed by atoms with Gasteiger partial charge in [-0.15, -0.1) is 0 Å². The average Bonchev–Trinajstić information content (AvgIpc) is 2.80. The number of nitrogens with zero attached hydrogens (tertiary/aromatic N) is 1. The van der Waals surface area contributed by atoms with Crippen LogP contribution in [-0.4, -0.2) is 30.6 Å². The van der Waals surface area contributed by atoms with Gasteiger partial charge in [-0.05, 0) is 54.1 Å². The van der Waals surface area contributed by atoms with Crippen LogP contribution in [0.4, 0.5) is 0 Å². The first-order valence-corrected chi connectivity index (χ1v) is 7.19. The number of nitrogens with two attached hydrogens (primary N) is 1. The highest BCUT2D eigenvalue weighted by Gasteiger charge is 2.24. The van der Waals surface area contributed by atoms with Crippen LogP contribution in [0.25, 0.3) is 0 Å². The van der Waals surface area contributed by atoms with E-state index in [1.807, 2.05) is 0 Å². The molecule has 3 heteroatoms. The van der Waals surface area contributed by atoms with Gasteiger partial charge in [0.15, 0.2) is 0 Å². The van der Waals surface area contributed by atoms with Gasteiger partial charge >= 0.3 is 0 Å². The van der Waals surface area contributed by atoms with Crippen molar-refractivity contribution in [2.75, 3.05) is 19.6 Å². The van der Waals surface area contributed by atoms with Crippen LogP contribution in [-0.2, 0) is 6.42 Å². The van der Waals surface area contributed by atoms with Gasteiger partial charge in [-0.1, -0.05) is 6.92 Å². The predicted octanol–water partition coefficient (Wildman–Crippen LogP) is 2.35. The van der Waals surface area contributed by atoms with E-state index in [9.17, 15) is 0 Å². The summed E-state index contributed by atoms with van der Waals surface area (Å²) < 4.78 is 0. The summed E-state index contributed by atoms with van der Waals surface area (Å²) in [5.74, 6) is 0.853. The van der Waals surface area contributed by atoms with Gasteiger partial charge in [-0.25, -0.2) is 0 Å². The van der Waals surface area contributed by atoms with E-state index in [1.165, 1.54) is 37.9 Å². The summed E-state index contributed by atoms with van der Waals surface area (Å²) in [5.41, 5.74) is 7.34. The minimum Gasteiger partial charge on any atom is -0.329 e. The largest absolute Gasteiger partial charge is 0.329 e. The third kappa shape index (κ3) is 3.06. The first-order chi connectivity index (χ1) is 7.79. The molecule has 1 aromatic rings. The number of likely N-dealkylation sites (tertiary alicyclic amines) is 1. The molecule has 2 heterocycles. The zero-order valence-electron chi connectivity index (χ0n) is 10.1. The molecule has 1 aromatic heterocycles. The molecule has 2 N–H and O–H groups in total. The van der Waals surface area contributed by atoms with Crippen LogP contribution in [0.3, 0.4) is 0 Å². The molecule has 0 amide bonds. The predicted molar refractivity (Wildman–Crippen MR) is 70.8 cm³/mol. The molecule has 1 saturated heterocycles. The Balaban J connectivity index is 1.83. The molecule has 2 nitrogen and oxygen atoms in total. The van der Waals surface area contributed by atoms with E-state index in [2.05, 4.69) is 28.7 Å². The van der Waals surface area contributed by atoms with Crippen molar-refractivity contribution in [2.45, 2.75) is 32.2 Å². The fourth-order valence-corrected chi connectivity index (χ4v) is 3.25. The number of hydrogen-bond acceptors (Lipinski definition) is 3. The maximum atomic E-state index is 5.87. The number of piperidine rings is 1. The number of rotatable bonds is 4. The molecule has 16 heavy (non-hydrogen) atoms. The summed E-state index contributed by atoms with van der Waals surface area (Å²) in [6.45, 7) is 5.56. The van der Waals surface area contributed by atoms with E-state index in [4.69, 9.17) is 5.73 Å². The first-order valence-electron chi connectivity index (χ1n) is 6.24. The quantitative estimate of drug-likeness (QED) is 0.872. The highest BCUT2D eigenvalue weighted by atomic mass is 32.1. The second kappa shape index (κ2) is 5.80.